The number of aliphatic carboxylic acids is 1. The molecule has 1 aromatic rings. The van der Waals surface area contributed by atoms with Gasteiger partial charge in [0.25, 0.3) is 0 Å². The molecule has 0 fully saturated rings. The summed E-state index contributed by atoms with van der Waals surface area (Å²) >= 11 is 3.37. The van der Waals surface area contributed by atoms with Crippen molar-refractivity contribution >= 4 is 21.9 Å². The number of aryl methyl sites for hydroxylation is 1. The third-order valence-corrected chi connectivity index (χ3v) is 2.86. The summed E-state index contributed by atoms with van der Waals surface area (Å²) in [5, 5.41) is 8.69. The monoisotopic (exact) mass is 302 g/mol. The molecule has 4 nitrogen and oxygen atoms in total. The van der Waals surface area contributed by atoms with E-state index < -0.39 is 5.97 Å². The zero-order chi connectivity index (χ0) is 12.8. The Labute approximate surface area is 109 Å². The van der Waals surface area contributed by atoms with Crippen molar-refractivity contribution in [1.82, 2.24) is 0 Å². The van der Waals surface area contributed by atoms with E-state index in [2.05, 4.69) is 15.9 Å². The van der Waals surface area contributed by atoms with Crippen LogP contribution in [0, 0.1) is 0 Å². The molecule has 0 radical (unpaired) electrons. The van der Waals surface area contributed by atoms with Crippen molar-refractivity contribution in [2.45, 2.75) is 19.8 Å². The first-order valence-electron chi connectivity index (χ1n) is 5.29. The molecule has 0 aromatic heterocycles. The minimum absolute atomic E-state index is 0.0822. The van der Waals surface area contributed by atoms with E-state index in [-0.39, 0.29) is 6.42 Å². The van der Waals surface area contributed by atoms with Gasteiger partial charge in [-0.3, -0.25) is 4.79 Å². The van der Waals surface area contributed by atoms with Gasteiger partial charge in [0, 0.05) is 12.5 Å². The van der Waals surface area contributed by atoms with E-state index in [0.717, 1.165) is 10.0 Å². The highest BCUT2D eigenvalue weighted by Gasteiger charge is 2.11. The van der Waals surface area contributed by atoms with Crippen molar-refractivity contribution in [3.63, 3.8) is 0 Å². The van der Waals surface area contributed by atoms with Crippen LogP contribution < -0.4 is 9.47 Å². The first-order chi connectivity index (χ1) is 8.08. The molecule has 0 amide bonds. The second kappa shape index (κ2) is 6.49. The van der Waals surface area contributed by atoms with Gasteiger partial charge in [0.1, 0.15) is 11.5 Å². The van der Waals surface area contributed by atoms with E-state index in [1.54, 1.807) is 13.2 Å². The zero-order valence-corrected chi connectivity index (χ0v) is 11.4. The lowest BCUT2D eigenvalue weighted by Gasteiger charge is -2.12. The molecule has 1 N–H and O–H groups in total. The first kappa shape index (κ1) is 13.8. The van der Waals surface area contributed by atoms with Crippen molar-refractivity contribution in [2.24, 2.45) is 0 Å². The van der Waals surface area contributed by atoms with Gasteiger partial charge < -0.3 is 14.6 Å². The molecule has 94 valence electrons. The van der Waals surface area contributed by atoms with Crippen molar-refractivity contribution in [3.05, 3.63) is 22.2 Å². The predicted molar refractivity (Wildman–Crippen MR) is 67.8 cm³/mol. The van der Waals surface area contributed by atoms with E-state index in [1.165, 1.54) is 0 Å². The van der Waals surface area contributed by atoms with Gasteiger partial charge in [-0.1, -0.05) is 0 Å². The Hall–Kier alpha value is -1.23. The summed E-state index contributed by atoms with van der Waals surface area (Å²) in [5.74, 6) is 0.528. The van der Waals surface area contributed by atoms with Crippen LogP contribution >= 0.6 is 15.9 Å². The highest BCUT2D eigenvalue weighted by atomic mass is 79.9. The summed E-state index contributed by atoms with van der Waals surface area (Å²) in [4.78, 5) is 10.6. The molecule has 0 aliphatic carbocycles. The molecule has 0 atom stereocenters. The molecule has 0 bridgehead atoms. The molecule has 17 heavy (non-hydrogen) atoms. The van der Waals surface area contributed by atoms with Gasteiger partial charge in [-0.05, 0) is 40.9 Å². The topological polar surface area (TPSA) is 55.8 Å². The fourth-order valence-electron chi connectivity index (χ4n) is 1.46. The van der Waals surface area contributed by atoms with Gasteiger partial charge in [-0.2, -0.15) is 0 Å². The molecule has 0 spiro atoms. The highest BCUT2D eigenvalue weighted by molar-refractivity contribution is 9.10. The minimum atomic E-state index is -0.820. The summed E-state index contributed by atoms with van der Waals surface area (Å²) in [7, 11) is 1.58. The number of hydrogen-bond donors (Lipinski definition) is 1. The number of carboxylic acids is 1. The quantitative estimate of drug-likeness (QED) is 0.878. The van der Waals surface area contributed by atoms with Crippen LogP contribution in [0.4, 0.5) is 0 Å². The fourth-order valence-corrected chi connectivity index (χ4v) is 2.01. The number of methoxy groups -OCH3 is 1. The summed E-state index contributed by atoms with van der Waals surface area (Å²) < 4.78 is 11.4. The molecule has 0 aliphatic heterocycles. The van der Waals surface area contributed by atoms with Gasteiger partial charge in [-0.25, -0.2) is 0 Å². The minimum Gasteiger partial charge on any atom is -0.495 e. The molecule has 5 heteroatoms. The van der Waals surface area contributed by atoms with Crippen LogP contribution in [0.1, 0.15) is 18.9 Å². The molecule has 0 saturated carbocycles. The van der Waals surface area contributed by atoms with Gasteiger partial charge in [-0.15, -0.1) is 0 Å². The van der Waals surface area contributed by atoms with E-state index in [9.17, 15) is 4.79 Å². The van der Waals surface area contributed by atoms with Crippen LogP contribution in [0.3, 0.4) is 0 Å². The van der Waals surface area contributed by atoms with Crippen molar-refractivity contribution in [3.8, 4) is 11.5 Å². The molecular weight excluding hydrogens is 288 g/mol. The average Bonchev–Trinajstić information content (AvgIpc) is 2.29. The van der Waals surface area contributed by atoms with Crippen LogP contribution in [0.25, 0.3) is 0 Å². The lowest BCUT2D eigenvalue weighted by atomic mass is 10.1. The lowest BCUT2D eigenvalue weighted by Crippen LogP contribution is -2.02. The van der Waals surface area contributed by atoms with Crippen LogP contribution in [0.15, 0.2) is 16.6 Å². The SMILES string of the molecule is CCOc1cc(OC)c(Br)cc1CCC(=O)O. The standard InChI is InChI=1S/C12H15BrO4/c1-3-17-10-7-11(16-2)9(13)6-8(10)4-5-12(14)15/h6-7H,3-5H2,1-2H3,(H,14,15). The van der Waals surface area contributed by atoms with Crippen LogP contribution in [-0.2, 0) is 11.2 Å². The maximum atomic E-state index is 10.6. The fraction of sp³-hybridized carbons (Fsp3) is 0.417. The number of carbonyl (C=O) groups is 1. The van der Waals surface area contributed by atoms with Crippen LogP contribution in [-0.4, -0.2) is 24.8 Å². The molecule has 1 aromatic carbocycles. The van der Waals surface area contributed by atoms with Crippen molar-refractivity contribution < 1.29 is 19.4 Å². The van der Waals surface area contributed by atoms with Crippen molar-refractivity contribution in [1.29, 1.82) is 0 Å². The molecule has 0 unspecified atom stereocenters. The Morgan fingerprint density at radius 2 is 2.12 bits per heavy atom. The van der Waals surface area contributed by atoms with E-state index >= 15 is 0 Å². The van der Waals surface area contributed by atoms with E-state index in [0.29, 0.717) is 24.5 Å². The second-order valence-electron chi connectivity index (χ2n) is 3.42. The highest BCUT2D eigenvalue weighted by Crippen LogP contribution is 2.33. The molecule has 0 heterocycles. The van der Waals surface area contributed by atoms with Gasteiger partial charge in [0.05, 0.1) is 18.2 Å². The number of halogens is 1. The van der Waals surface area contributed by atoms with Gasteiger partial charge >= 0.3 is 5.97 Å². The smallest absolute Gasteiger partial charge is 0.303 e. The third kappa shape index (κ3) is 3.93. The maximum absolute atomic E-state index is 10.6. The largest absolute Gasteiger partial charge is 0.495 e. The summed E-state index contributed by atoms with van der Waals surface area (Å²) in [6.07, 6.45) is 0.520. The molecule has 0 saturated heterocycles. The molecule has 1 rings (SSSR count). The van der Waals surface area contributed by atoms with E-state index in [4.69, 9.17) is 14.6 Å². The Morgan fingerprint density at radius 1 is 1.41 bits per heavy atom. The van der Waals surface area contributed by atoms with Gasteiger partial charge in [0.2, 0.25) is 0 Å². The Kier molecular flexibility index (Phi) is 5.28. The van der Waals surface area contributed by atoms with Crippen LogP contribution in [0.5, 0.6) is 11.5 Å². The molecular formula is C12H15BrO4. The molecule has 0 aliphatic rings. The normalized spacial score (nSPS) is 10.1. The Bertz CT molecular complexity index is 404. The van der Waals surface area contributed by atoms with Crippen molar-refractivity contribution in [2.75, 3.05) is 13.7 Å². The summed E-state index contributed by atoms with van der Waals surface area (Å²) in [5.41, 5.74) is 0.863. The maximum Gasteiger partial charge on any atom is 0.303 e. The number of rotatable bonds is 6. The summed E-state index contributed by atoms with van der Waals surface area (Å²) in [6.45, 7) is 2.42. The lowest BCUT2D eigenvalue weighted by molar-refractivity contribution is -0.136. The Balaban J connectivity index is 2.99. The van der Waals surface area contributed by atoms with Crippen LogP contribution in [0.2, 0.25) is 0 Å². The van der Waals surface area contributed by atoms with Gasteiger partial charge in [0.15, 0.2) is 0 Å². The number of carboxylic acid groups (broad SMARTS) is 1. The third-order valence-electron chi connectivity index (χ3n) is 2.24. The number of ether oxygens (including phenoxy) is 2. The summed E-state index contributed by atoms with van der Waals surface area (Å²) in [6, 6.07) is 3.61. The first-order valence-corrected chi connectivity index (χ1v) is 6.08. The predicted octanol–water partition coefficient (Wildman–Crippen LogP) is 2.87. The second-order valence-corrected chi connectivity index (χ2v) is 4.28. The van der Waals surface area contributed by atoms with E-state index in [1.807, 2.05) is 13.0 Å². The Morgan fingerprint density at radius 3 is 2.65 bits per heavy atom. The zero-order valence-electron chi connectivity index (χ0n) is 9.83. The number of benzene rings is 1. The number of hydrogen-bond acceptors (Lipinski definition) is 3. The average molecular weight is 303 g/mol.